The molecule has 0 atom stereocenters. The van der Waals surface area contributed by atoms with Gasteiger partial charge in [0, 0.05) is 12.1 Å². The highest BCUT2D eigenvalue weighted by atomic mass is 32.1. The zero-order valence-corrected chi connectivity index (χ0v) is 9.16. The molecule has 1 saturated carbocycles. The molecule has 0 aliphatic heterocycles. The van der Waals surface area contributed by atoms with Gasteiger partial charge in [0.25, 0.3) is 0 Å². The predicted molar refractivity (Wildman–Crippen MR) is 54.2 cm³/mol. The van der Waals surface area contributed by atoms with Crippen molar-refractivity contribution in [1.29, 1.82) is 0 Å². The maximum atomic E-state index is 12.2. The van der Waals surface area contributed by atoms with E-state index in [2.05, 4.69) is 15.5 Å². The van der Waals surface area contributed by atoms with Gasteiger partial charge in [-0.3, -0.25) is 0 Å². The molecular weight excluding hydrogens is 241 g/mol. The maximum absolute atomic E-state index is 12.2. The van der Waals surface area contributed by atoms with Crippen LogP contribution in [0.3, 0.4) is 0 Å². The van der Waals surface area contributed by atoms with Gasteiger partial charge in [0.05, 0.1) is 0 Å². The van der Waals surface area contributed by atoms with Crippen molar-refractivity contribution in [3.8, 4) is 0 Å². The van der Waals surface area contributed by atoms with Gasteiger partial charge < -0.3 is 11.1 Å². The lowest BCUT2D eigenvalue weighted by Crippen LogP contribution is -2.51. The van der Waals surface area contributed by atoms with Crippen LogP contribution < -0.4 is 11.1 Å². The highest BCUT2D eigenvalue weighted by Gasteiger charge is 2.36. The number of halogens is 3. The first-order valence-corrected chi connectivity index (χ1v) is 5.64. The van der Waals surface area contributed by atoms with Crippen LogP contribution >= 0.6 is 11.3 Å². The molecule has 1 aromatic heterocycles. The molecule has 16 heavy (non-hydrogen) atoms. The van der Waals surface area contributed by atoms with E-state index in [0.717, 1.165) is 19.3 Å². The average Bonchev–Trinajstić information content (AvgIpc) is 2.59. The van der Waals surface area contributed by atoms with E-state index in [9.17, 15) is 13.2 Å². The first kappa shape index (κ1) is 11.6. The van der Waals surface area contributed by atoms with Crippen molar-refractivity contribution in [2.75, 3.05) is 11.9 Å². The minimum absolute atomic E-state index is 0.170. The van der Waals surface area contributed by atoms with Crippen molar-refractivity contribution < 1.29 is 13.2 Å². The van der Waals surface area contributed by atoms with Crippen LogP contribution in [0.25, 0.3) is 0 Å². The molecule has 1 aliphatic rings. The SMILES string of the molecule is NC1(CNc2nnc(C(F)(F)F)s2)CCC1. The predicted octanol–water partition coefficient (Wildman–Crippen LogP) is 1.85. The Morgan fingerprint density at radius 3 is 2.50 bits per heavy atom. The number of alkyl halides is 3. The fourth-order valence-corrected chi connectivity index (χ4v) is 2.08. The Labute approximate surface area is 94.0 Å². The third kappa shape index (κ3) is 2.43. The van der Waals surface area contributed by atoms with Crippen LogP contribution in [0.2, 0.25) is 0 Å². The summed E-state index contributed by atoms with van der Waals surface area (Å²) in [5.74, 6) is 0. The van der Waals surface area contributed by atoms with E-state index in [-0.39, 0.29) is 10.7 Å². The lowest BCUT2D eigenvalue weighted by Gasteiger charge is -2.37. The number of hydrogen-bond donors (Lipinski definition) is 2. The Hall–Kier alpha value is -0.890. The van der Waals surface area contributed by atoms with E-state index in [1.807, 2.05) is 0 Å². The van der Waals surface area contributed by atoms with Crippen molar-refractivity contribution in [2.24, 2.45) is 5.73 Å². The van der Waals surface area contributed by atoms with Crippen LogP contribution in [0.5, 0.6) is 0 Å². The maximum Gasteiger partial charge on any atom is 0.445 e. The second-order valence-corrected chi connectivity index (χ2v) is 4.96. The van der Waals surface area contributed by atoms with Gasteiger partial charge in [-0.15, -0.1) is 10.2 Å². The van der Waals surface area contributed by atoms with Crippen LogP contribution in [-0.4, -0.2) is 22.3 Å². The summed E-state index contributed by atoms with van der Waals surface area (Å²) in [6.45, 7) is 0.444. The van der Waals surface area contributed by atoms with Gasteiger partial charge in [0.15, 0.2) is 0 Å². The fourth-order valence-electron chi connectivity index (χ4n) is 1.47. The molecule has 0 unspecified atom stereocenters. The fraction of sp³-hybridized carbons (Fsp3) is 0.750. The number of hydrogen-bond acceptors (Lipinski definition) is 5. The van der Waals surface area contributed by atoms with E-state index < -0.39 is 11.2 Å². The van der Waals surface area contributed by atoms with E-state index in [1.54, 1.807) is 0 Å². The van der Waals surface area contributed by atoms with Crippen LogP contribution in [-0.2, 0) is 6.18 Å². The van der Waals surface area contributed by atoms with Gasteiger partial charge in [-0.25, -0.2) is 0 Å². The number of rotatable bonds is 3. The molecule has 3 N–H and O–H groups in total. The summed E-state index contributed by atoms with van der Waals surface area (Å²) in [4.78, 5) is 0. The van der Waals surface area contributed by atoms with Gasteiger partial charge in [0.2, 0.25) is 10.1 Å². The minimum atomic E-state index is -4.42. The summed E-state index contributed by atoms with van der Waals surface area (Å²) in [5.41, 5.74) is 5.63. The summed E-state index contributed by atoms with van der Waals surface area (Å²) in [5, 5.41) is 8.53. The molecule has 2 rings (SSSR count). The molecule has 0 amide bonds. The van der Waals surface area contributed by atoms with E-state index in [4.69, 9.17) is 5.73 Å². The largest absolute Gasteiger partial charge is 0.445 e. The molecule has 0 aromatic carbocycles. The molecule has 0 radical (unpaired) electrons. The van der Waals surface area contributed by atoms with Crippen LogP contribution in [0.1, 0.15) is 24.3 Å². The molecule has 8 heteroatoms. The van der Waals surface area contributed by atoms with Crippen molar-refractivity contribution in [2.45, 2.75) is 31.0 Å². The Balaban J connectivity index is 1.93. The highest BCUT2D eigenvalue weighted by molar-refractivity contribution is 7.15. The molecule has 1 aliphatic carbocycles. The number of nitrogens with two attached hydrogens (primary N) is 1. The summed E-state index contributed by atoms with van der Waals surface area (Å²) < 4.78 is 36.6. The quantitative estimate of drug-likeness (QED) is 0.861. The lowest BCUT2D eigenvalue weighted by molar-refractivity contribution is -0.138. The molecule has 0 bridgehead atoms. The standard InChI is InChI=1S/C8H11F3N4S/c9-8(10,11)5-14-15-6(16-5)13-4-7(12)2-1-3-7/h1-4,12H2,(H,13,15). The van der Waals surface area contributed by atoms with E-state index >= 15 is 0 Å². The Morgan fingerprint density at radius 2 is 2.06 bits per heavy atom. The zero-order valence-electron chi connectivity index (χ0n) is 8.34. The smallest absolute Gasteiger partial charge is 0.358 e. The summed E-state index contributed by atoms with van der Waals surface area (Å²) >= 11 is 0.501. The zero-order chi connectivity index (χ0) is 11.8. The number of anilines is 1. The molecule has 1 fully saturated rings. The van der Waals surface area contributed by atoms with Crippen molar-refractivity contribution in [3.05, 3.63) is 5.01 Å². The van der Waals surface area contributed by atoms with Crippen LogP contribution in [0.4, 0.5) is 18.3 Å². The number of nitrogens with one attached hydrogen (secondary N) is 1. The van der Waals surface area contributed by atoms with Crippen molar-refractivity contribution in [3.63, 3.8) is 0 Å². The average molecular weight is 252 g/mol. The van der Waals surface area contributed by atoms with Crippen molar-refractivity contribution in [1.82, 2.24) is 10.2 Å². The topological polar surface area (TPSA) is 63.8 Å². The number of nitrogens with zero attached hydrogens (tertiary/aromatic N) is 2. The molecule has 0 saturated heterocycles. The molecule has 1 heterocycles. The van der Waals surface area contributed by atoms with E-state index in [1.165, 1.54) is 0 Å². The van der Waals surface area contributed by atoms with Gasteiger partial charge in [0.1, 0.15) is 0 Å². The van der Waals surface area contributed by atoms with Gasteiger partial charge in [-0.2, -0.15) is 13.2 Å². The second kappa shape index (κ2) is 3.85. The van der Waals surface area contributed by atoms with Crippen LogP contribution in [0.15, 0.2) is 0 Å². The third-order valence-corrected chi connectivity index (χ3v) is 3.53. The molecular formula is C8H11F3N4S. The molecule has 4 nitrogen and oxygen atoms in total. The summed E-state index contributed by atoms with van der Waals surface area (Å²) in [7, 11) is 0. The molecule has 1 aromatic rings. The lowest BCUT2D eigenvalue weighted by atomic mass is 9.78. The molecule has 90 valence electrons. The first-order chi connectivity index (χ1) is 7.39. The van der Waals surface area contributed by atoms with E-state index in [0.29, 0.717) is 17.9 Å². The van der Waals surface area contributed by atoms with Gasteiger partial charge >= 0.3 is 6.18 Å². The normalized spacial score (nSPS) is 19.2. The Morgan fingerprint density at radius 1 is 1.38 bits per heavy atom. The molecule has 0 spiro atoms. The monoisotopic (exact) mass is 252 g/mol. The highest BCUT2D eigenvalue weighted by Crippen LogP contribution is 2.34. The van der Waals surface area contributed by atoms with Crippen molar-refractivity contribution >= 4 is 16.5 Å². The first-order valence-electron chi connectivity index (χ1n) is 4.83. The summed E-state index contributed by atoms with van der Waals surface area (Å²) in [6.07, 6.45) is -1.56. The Bertz CT molecular complexity index is 372. The van der Waals surface area contributed by atoms with Crippen LogP contribution in [0, 0.1) is 0 Å². The summed E-state index contributed by atoms with van der Waals surface area (Å²) in [6, 6.07) is 0. The van der Waals surface area contributed by atoms with Gasteiger partial charge in [-0.05, 0) is 19.3 Å². The number of aromatic nitrogens is 2. The Kier molecular flexibility index (Phi) is 2.79. The minimum Gasteiger partial charge on any atom is -0.358 e. The second-order valence-electron chi connectivity index (χ2n) is 3.98. The van der Waals surface area contributed by atoms with Gasteiger partial charge in [-0.1, -0.05) is 11.3 Å². The third-order valence-electron chi connectivity index (χ3n) is 2.61.